The quantitative estimate of drug-likeness (QED) is 0.320. The number of anilines is 1. The van der Waals surface area contributed by atoms with Crippen molar-refractivity contribution in [2.75, 3.05) is 18.0 Å². The molecule has 2 atom stereocenters. The molecule has 0 fully saturated rings. The minimum atomic E-state index is -4.11. The van der Waals surface area contributed by atoms with E-state index in [-0.39, 0.29) is 23.4 Å². The Morgan fingerprint density at radius 3 is 2.00 bits per heavy atom. The summed E-state index contributed by atoms with van der Waals surface area (Å²) in [6.45, 7) is 10.8. The molecule has 2 amide bonds. The van der Waals surface area contributed by atoms with Gasteiger partial charge in [-0.2, -0.15) is 0 Å². The Morgan fingerprint density at radius 1 is 0.878 bits per heavy atom. The van der Waals surface area contributed by atoms with Crippen LogP contribution in [0.25, 0.3) is 0 Å². The summed E-state index contributed by atoms with van der Waals surface area (Å²) < 4.78 is 34.4. The molecule has 0 aliphatic carbocycles. The Kier molecular flexibility index (Phi) is 10.6. The fourth-order valence-electron chi connectivity index (χ4n) is 4.44. The van der Waals surface area contributed by atoms with Crippen molar-refractivity contribution in [3.63, 3.8) is 0 Å². The predicted octanol–water partition coefficient (Wildman–Crippen LogP) is 5.15. The Bertz CT molecular complexity index is 1430. The highest BCUT2D eigenvalue weighted by Gasteiger charge is 2.33. The van der Waals surface area contributed by atoms with E-state index in [1.54, 1.807) is 62.6 Å². The summed E-state index contributed by atoms with van der Waals surface area (Å²) in [5.74, 6) is -0.137. The Morgan fingerprint density at radius 2 is 1.46 bits per heavy atom. The van der Waals surface area contributed by atoms with Crippen molar-refractivity contribution in [3.05, 3.63) is 89.0 Å². The molecule has 9 heteroatoms. The Balaban J connectivity index is 2.05. The van der Waals surface area contributed by atoms with Gasteiger partial charge in [-0.3, -0.25) is 13.9 Å². The van der Waals surface area contributed by atoms with Crippen LogP contribution in [0.15, 0.2) is 71.6 Å². The van der Waals surface area contributed by atoms with Gasteiger partial charge in [0, 0.05) is 12.6 Å². The second-order valence-electron chi connectivity index (χ2n) is 10.5. The molecule has 0 saturated heterocycles. The molecule has 3 aromatic carbocycles. The largest absolute Gasteiger partial charge is 0.497 e. The molecule has 0 aliphatic heterocycles. The number of aryl methyl sites for hydroxylation is 3. The van der Waals surface area contributed by atoms with Crippen molar-refractivity contribution in [3.8, 4) is 5.75 Å². The zero-order valence-corrected chi connectivity index (χ0v) is 25.8. The maximum absolute atomic E-state index is 14.1. The highest BCUT2D eigenvalue weighted by Crippen LogP contribution is 2.27. The minimum Gasteiger partial charge on any atom is -0.497 e. The van der Waals surface area contributed by atoms with Crippen molar-refractivity contribution < 1.29 is 22.7 Å². The third kappa shape index (κ3) is 8.10. The van der Waals surface area contributed by atoms with Crippen LogP contribution in [0.4, 0.5) is 5.69 Å². The lowest BCUT2D eigenvalue weighted by Gasteiger charge is -2.32. The molecule has 8 nitrogen and oxygen atoms in total. The monoisotopic (exact) mass is 579 g/mol. The second-order valence-corrected chi connectivity index (χ2v) is 12.4. The van der Waals surface area contributed by atoms with Crippen LogP contribution in [0.1, 0.15) is 49.4 Å². The standard InChI is InChI=1S/C32H41N3O5S/c1-8-25(5)33-32(37)26(6)34(20-27-11-13-29(40-7)14-12-27)31(36)21-35(28-18-23(3)17-24(4)19-28)41(38,39)30-15-9-22(2)10-16-30/h9-19,25-26H,8,20-21H2,1-7H3,(H,33,37)/t25-,26+/m0/s1. The number of hydrogen-bond acceptors (Lipinski definition) is 5. The molecule has 0 radical (unpaired) electrons. The van der Waals surface area contributed by atoms with Gasteiger partial charge in [0.05, 0.1) is 17.7 Å². The summed E-state index contributed by atoms with van der Waals surface area (Å²) in [7, 11) is -2.54. The van der Waals surface area contributed by atoms with Crippen LogP contribution in [0, 0.1) is 20.8 Å². The van der Waals surface area contributed by atoms with Gasteiger partial charge in [0.25, 0.3) is 10.0 Å². The number of amides is 2. The van der Waals surface area contributed by atoms with Crippen LogP contribution in [0.5, 0.6) is 5.75 Å². The number of carbonyl (C=O) groups is 2. The zero-order chi connectivity index (χ0) is 30.3. The first-order valence-electron chi connectivity index (χ1n) is 13.8. The van der Waals surface area contributed by atoms with E-state index in [1.807, 2.05) is 52.8 Å². The molecule has 0 bridgehead atoms. The SMILES string of the molecule is CC[C@H](C)NC(=O)[C@@H](C)N(Cc1ccc(OC)cc1)C(=O)CN(c1cc(C)cc(C)c1)S(=O)(=O)c1ccc(C)cc1. The van der Waals surface area contributed by atoms with Crippen LogP contribution in [-0.2, 0) is 26.2 Å². The van der Waals surface area contributed by atoms with Gasteiger partial charge in [-0.1, -0.05) is 42.8 Å². The van der Waals surface area contributed by atoms with E-state index in [0.717, 1.165) is 33.0 Å². The smallest absolute Gasteiger partial charge is 0.264 e. The summed E-state index contributed by atoms with van der Waals surface area (Å²) >= 11 is 0. The van der Waals surface area contributed by atoms with Crippen LogP contribution < -0.4 is 14.4 Å². The summed E-state index contributed by atoms with van der Waals surface area (Å²) in [6, 6.07) is 18.3. The van der Waals surface area contributed by atoms with Crippen LogP contribution in [-0.4, -0.2) is 50.9 Å². The van der Waals surface area contributed by atoms with Gasteiger partial charge in [0.2, 0.25) is 11.8 Å². The molecular formula is C32H41N3O5S. The van der Waals surface area contributed by atoms with Crippen molar-refractivity contribution in [1.29, 1.82) is 0 Å². The molecule has 0 saturated carbocycles. The maximum atomic E-state index is 14.1. The maximum Gasteiger partial charge on any atom is 0.264 e. The van der Waals surface area contributed by atoms with Gasteiger partial charge in [-0.05, 0) is 94.1 Å². The normalized spacial score (nSPS) is 12.8. The molecular weight excluding hydrogens is 538 g/mol. The highest BCUT2D eigenvalue weighted by atomic mass is 32.2. The Hall–Kier alpha value is -3.85. The average Bonchev–Trinajstić information content (AvgIpc) is 2.93. The Labute approximate surface area is 244 Å². The zero-order valence-electron chi connectivity index (χ0n) is 25.0. The number of hydrogen-bond donors (Lipinski definition) is 1. The minimum absolute atomic E-state index is 0.0726. The summed E-state index contributed by atoms with van der Waals surface area (Å²) in [6.07, 6.45) is 0.736. The number of sulfonamides is 1. The lowest BCUT2D eigenvalue weighted by atomic mass is 10.1. The third-order valence-corrected chi connectivity index (χ3v) is 8.85. The molecule has 0 heterocycles. The summed E-state index contributed by atoms with van der Waals surface area (Å²) in [4.78, 5) is 28.8. The highest BCUT2D eigenvalue weighted by molar-refractivity contribution is 7.92. The second kappa shape index (κ2) is 13.7. The number of carbonyl (C=O) groups excluding carboxylic acids is 2. The van der Waals surface area contributed by atoms with E-state index < -0.39 is 28.5 Å². The molecule has 0 aromatic heterocycles. The van der Waals surface area contributed by atoms with Crippen molar-refractivity contribution in [1.82, 2.24) is 10.2 Å². The number of nitrogens with zero attached hydrogens (tertiary/aromatic N) is 2. The van der Waals surface area contributed by atoms with Crippen LogP contribution >= 0.6 is 0 Å². The van der Waals surface area contributed by atoms with Crippen molar-refractivity contribution in [2.45, 2.75) is 71.5 Å². The molecule has 0 unspecified atom stereocenters. The van der Waals surface area contributed by atoms with E-state index in [9.17, 15) is 18.0 Å². The predicted molar refractivity (Wildman–Crippen MR) is 163 cm³/mol. The topological polar surface area (TPSA) is 96.0 Å². The fourth-order valence-corrected chi connectivity index (χ4v) is 5.83. The molecule has 0 spiro atoms. The summed E-state index contributed by atoms with van der Waals surface area (Å²) in [5.41, 5.74) is 3.82. The molecule has 0 aliphatic rings. The van der Waals surface area contributed by atoms with E-state index in [4.69, 9.17) is 4.74 Å². The molecule has 3 aromatic rings. The van der Waals surface area contributed by atoms with Gasteiger partial charge >= 0.3 is 0 Å². The van der Waals surface area contributed by atoms with E-state index >= 15 is 0 Å². The van der Waals surface area contributed by atoms with E-state index in [1.165, 1.54) is 4.90 Å². The van der Waals surface area contributed by atoms with Gasteiger partial charge in [0.15, 0.2) is 0 Å². The van der Waals surface area contributed by atoms with Gasteiger partial charge in [-0.25, -0.2) is 8.42 Å². The van der Waals surface area contributed by atoms with Gasteiger partial charge in [0.1, 0.15) is 18.3 Å². The lowest BCUT2D eigenvalue weighted by molar-refractivity contribution is -0.139. The van der Waals surface area contributed by atoms with E-state index in [2.05, 4.69) is 5.32 Å². The van der Waals surface area contributed by atoms with Crippen molar-refractivity contribution >= 4 is 27.5 Å². The van der Waals surface area contributed by atoms with Crippen molar-refractivity contribution in [2.24, 2.45) is 0 Å². The van der Waals surface area contributed by atoms with Gasteiger partial charge in [-0.15, -0.1) is 0 Å². The fraction of sp³-hybridized carbons (Fsp3) is 0.375. The number of ether oxygens (including phenoxy) is 1. The van der Waals surface area contributed by atoms with Crippen LogP contribution in [0.2, 0.25) is 0 Å². The number of nitrogens with one attached hydrogen (secondary N) is 1. The third-order valence-electron chi connectivity index (χ3n) is 7.06. The molecule has 220 valence electrons. The first kappa shape index (κ1) is 31.7. The van der Waals surface area contributed by atoms with Crippen LogP contribution in [0.3, 0.4) is 0 Å². The number of benzene rings is 3. The molecule has 1 N–H and O–H groups in total. The average molecular weight is 580 g/mol. The summed E-state index contributed by atoms with van der Waals surface area (Å²) in [5, 5.41) is 2.95. The first-order valence-corrected chi connectivity index (χ1v) is 15.2. The molecule has 41 heavy (non-hydrogen) atoms. The number of rotatable bonds is 12. The van der Waals surface area contributed by atoms with Gasteiger partial charge < -0.3 is 15.0 Å². The van der Waals surface area contributed by atoms with E-state index in [0.29, 0.717) is 11.4 Å². The lowest BCUT2D eigenvalue weighted by Crippen LogP contribution is -2.52. The first-order chi connectivity index (χ1) is 19.3. The molecule has 3 rings (SSSR count). The number of methoxy groups -OCH3 is 1.